The van der Waals surface area contributed by atoms with Crippen LogP contribution in [-0.4, -0.2) is 25.6 Å². The Hall–Kier alpha value is -2.65. The molecule has 1 aromatic carbocycles. The van der Waals surface area contributed by atoms with Crippen molar-refractivity contribution in [3.8, 4) is 11.3 Å². The lowest BCUT2D eigenvalue weighted by Crippen LogP contribution is -2.10. The van der Waals surface area contributed by atoms with E-state index in [4.69, 9.17) is 4.42 Å². The van der Waals surface area contributed by atoms with Gasteiger partial charge in [0.15, 0.2) is 10.9 Å². The predicted molar refractivity (Wildman–Crippen MR) is 97.4 cm³/mol. The molecule has 130 valence electrons. The summed E-state index contributed by atoms with van der Waals surface area (Å²) in [7, 11) is -3.31. The number of thiazole rings is 1. The minimum Gasteiger partial charge on any atom is -0.456 e. The quantitative estimate of drug-likeness (QED) is 0.710. The number of aryl methyl sites for hydroxylation is 1. The van der Waals surface area contributed by atoms with E-state index in [0.29, 0.717) is 22.3 Å². The lowest BCUT2D eigenvalue weighted by molar-refractivity contribution is 0.0995. The van der Waals surface area contributed by atoms with Crippen molar-refractivity contribution >= 4 is 38.1 Å². The molecule has 9 heteroatoms. The average molecular weight is 377 g/mol. The maximum Gasteiger partial charge on any atom is 0.293 e. The fourth-order valence-electron chi connectivity index (χ4n) is 2.10. The summed E-state index contributed by atoms with van der Waals surface area (Å²) >= 11 is 1.29. The lowest BCUT2D eigenvalue weighted by atomic mass is 10.1. The van der Waals surface area contributed by atoms with Crippen LogP contribution in [0.15, 0.2) is 46.2 Å². The molecule has 2 heterocycles. The molecular formula is C16H15N3O4S2. The highest BCUT2D eigenvalue weighted by molar-refractivity contribution is 7.92. The SMILES string of the molecule is Cc1ccc(C(=O)Nc2nc(-c3ccc(NS(C)(=O)=O)cc3)cs2)o1. The Labute approximate surface area is 148 Å². The fraction of sp³-hybridized carbons (Fsp3) is 0.125. The Balaban J connectivity index is 1.71. The van der Waals surface area contributed by atoms with Gasteiger partial charge in [-0.3, -0.25) is 14.8 Å². The Kier molecular flexibility index (Phi) is 4.60. The summed E-state index contributed by atoms with van der Waals surface area (Å²) in [5, 5.41) is 4.95. The Morgan fingerprint density at radius 1 is 1.16 bits per heavy atom. The molecule has 3 aromatic rings. The molecule has 2 aromatic heterocycles. The van der Waals surface area contributed by atoms with E-state index in [9.17, 15) is 13.2 Å². The van der Waals surface area contributed by atoms with Crippen molar-refractivity contribution in [2.45, 2.75) is 6.92 Å². The summed E-state index contributed by atoms with van der Waals surface area (Å²) in [6.07, 6.45) is 1.09. The van der Waals surface area contributed by atoms with Crippen LogP contribution >= 0.6 is 11.3 Å². The van der Waals surface area contributed by atoms with Gasteiger partial charge in [-0.25, -0.2) is 13.4 Å². The fourth-order valence-corrected chi connectivity index (χ4v) is 3.38. The summed E-state index contributed by atoms with van der Waals surface area (Å²) < 4.78 is 30.1. The summed E-state index contributed by atoms with van der Waals surface area (Å²) in [6, 6.07) is 10.1. The van der Waals surface area contributed by atoms with Crippen LogP contribution in [0, 0.1) is 6.92 Å². The largest absolute Gasteiger partial charge is 0.456 e. The van der Waals surface area contributed by atoms with Crippen molar-refractivity contribution in [1.29, 1.82) is 0 Å². The maximum atomic E-state index is 12.0. The number of amides is 1. The van der Waals surface area contributed by atoms with Crippen LogP contribution in [-0.2, 0) is 10.0 Å². The van der Waals surface area contributed by atoms with Crippen LogP contribution in [0.2, 0.25) is 0 Å². The van der Waals surface area contributed by atoms with Gasteiger partial charge >= 0.3 is 0 Å². The number of rotatable bonds is 5. The first-order valence-corrected chi connectivity index (χ1v) is 9.99. The van der Waals surface area contributed by atoms with Crippen molar-refractivity contribution in [3.05, 3.63) is 53.3 Å². The van der Waals surface area contributed by atoms with E-state index < -0.39 is 10.0 Å². The molecule has 0 bridgehead atoms. The summed E-state index contributed by atoms with van der Waals surface area (Å²) in [6.45, 7) is 1.76. The number of furan rings is 1. The normalized spacial score (nSPS) is 11.3. The van der Waals surface area contributed by atoms with Gasteiger partial charge in [-0.1, -0.05) is 12.1 Å². The molecule has 2 N–H and O–H groups in total. The third-order valence-electron chi connectivity index (χ3n) is 3.17. The van der Waals surface area contributed by atoms with Gasteiger partial charge in [0, 0.05) is 16.6 Å². The van der Waals surface area contributed by atoms with E-state index in [1.165, 1.54) is 11.3 Å². The summed E-state index contributed by atoms with van der Waals surface area (Å²) in [5.74, 6) is 0.528. The zero-order valence-corrected chi connectivity index (χ0v) is 15.1. The number of benzene rings is 1. The zero-order valence-electron chi connectivity index (χ0n) is 13.4. The van der Waals surface area contributed by atoms with Crippen LogP contribution in [0.3, 0.4) is 0 Å². The summed E-state index contributed by atoms with van der Waals surface area (Å²) in [5.41, 5.74) is 1.97. The molecule has 7 nitrogen and oxygen atoms in total. The second-order valence-electron chi connectivity index (χ2n) is 5.35. The first kappa shape index (κ1) is 17.2. The van der Waals surface area contributed by atoms with Crippen molar-refractivity contribution in [1.82, 2.24) is 4.98 Å². The van der Waals surface area contributed by atoms with E-state index in [-0.39, 0.29) is 11.7 Å². The maximum absolute atomic E-state index is 12.0. The van der Waals surface area contributed by atoms with Gasteiger partial charge in [0.25, 0.3) is 5.91 Å². The Bertz CT molecular complexity index is 1000. The average Bonchev–Trinajstić information content (AvgIpc) is 3.16. The first-order valence-electron chi connectivity index (χ1n) is 7.22. The second-order valence-corrected chi connectivity index (χ2v) is 7.96. The van der Waals surface area contributed by atoms with Crippen LogP contribution in [0.4, 0.5) is 10.8 Å². The number of carbonyl (C=O) groups excluding carboxylic acids is 1. The van der Waals surface area contributed by atoms with Gasteiger partial charge in [0.2, 0.25) is 10.0 Å². The van der Waals surface area contributed by atoms with Gasteiger partial charge in [0.05, 0.1) is 11.9 Å². The number of aromatic nitrogens is 1. The van der Waals surface area contributed by atoms with E-state index >= 15 is 0 Å². The van der Waals surface area contributed by atoms with Crippen molar-refractivity contribution < 1.29 is 17.6 Å². The molecule has 25 heavy (non-hydrogen) atoms. The molecule has 0 atom stereocenters. The molecule has 0 fully saturated rings. The molecule has 3 rings (SSSR count). The molecule has 0 aliphatic heterocycles. The van der Waals surface area contributed by atoms with Crippen molar-refractivity contribution in [3.63, 3.8) is 0 Å². The second kappa shape index (κ2) is 6.69. The summed E-state index contributed by atoms with van der Waals surface area (Å²) in [4.78, 5) is 16.4. The molecular weight excluding hydrogens is 362 g/mol. The topological polar surface area (TPSA) is 101 Å². The van der Waals surface area contributed by atoms with Gasteiger partial charge in [-0.2, -0.15) is 0 Å². The third-order valence-corrected chi connectivity index (χ3v) is 4.54. The lowest BCUT2D eigenvalue weighted by Gasteiger charge is -2.04. The standard InChI is InChI=1S/C16H15N3O4S2/c1-10-3-8-14(23-10)15(20)18-16-17-13(9-24-16)11-4-6-12(7-5-11)19-25(2,21)22/h3-9,19H,1-2H3,(H,17,18,20). The minimum atomic E-state index is -3.31. The van der Waals surface area contributed by atoms with Crippen LogP contribution in [0.25, 0.3) is 11.3 Å². The van der Waals surface area contributed by atoms with Gasteiger partial charge < -0.3 is 4.42 Å². The number of nitrogens with one attached hydrogen (secondary N) is 2. The number of anilines is 2. The molecule has 0 radical (unpaired) electrons. The van der Waals surface area contributed by atoms with E-state index in [0.717, 1.165) is 11.8 Å². The molecule has 0 saturated carbocycles. The van der Waals surface area contributed by atoms with Gasteiger partial charge in [-0.05, 0) is 31.2 Å². The van der Waals surface area contributed by atoms with Crippen molar-refractivity contribution in [2.24, 2.45) is 0 Å². The smallest absolute Gasteiger partial charge is 0.293 e. The predicted octanol–water partition coefficient (Wildman–Crippen LogP) is 3.34. The highest BCUT2D eigenvalue weighted by Crippen LogP contribution is 2.26. The molecule has 0 saturated heterocycles. The number of nitrogens with zero attached hydrogens (tertiary/aromatic N) is 1. The number of hydrogen-bond acceptors (Lipinski definition) is 6. The molecule has 0 aliphatic rings. The Morgan fingerprint density at radius 3 is 2.48 bits per heavy atom. The monoisotopic (exact) mass is 377 g/mol. The highest BCUT2D eigenvalue weighted by Gasteiger charge is 2.13. The van der Waals surface area contributed by atoms with Crippen molar-refractivity contribution in [2.75, 3.05) is 16.3 Å². The number of sulfonamides is 1. The van der Waals surface area contributed by atoms with E-state index in [1.807, 2.05) is 5.38 Å². The van der Waals surface area contributed by atoms with Crippen LogP contribution in [0.5, 0.6) is 0 Å². The minimum absolute atomic E-state index is 0.227. The highest BCUT2D eigenvalue weighted by atomic mass is 32.2. The van der Waals surface area contributed by atoms with E-state index in [2.05, 4.69) is 15.0 Å². The molecule has 0 aliphatic carbocycles. The van der Waals surface area contributed by atoms with E-state index in [1.54, 1.807) is 43.3 Å². The van der Waals surface area contributed by atoms with Gasteiger partial charge in [0.1, 0.15) is 5.76 Å². The van der Waals surface area contributed by atoms with Crippen LogP contribution < -0.4 is 10.0 Å². The third kappa shape index (κ3) is 4.46. The number of carbonyl (C=O) groups is 1. The molecule has 0 spiro atoms. The van der Waals surface area contributed by atoms with Crippen LogP contribution in [0.1, 0.15) is 16.3 Å². The molecule has 1 amide bonds. The zero-order chi connectivity index (χ0) is 18.0. The first-order chi connectivity index (χ1) is 11.8. The number of hydrogen-bond donors (Lipinski definition) is 2. The molecule has 0 unspecified atom stereocenters. The Morgan fingerprint density at radius 2 is 1.88 bits per heavy atom. The van der Waals surface area contributed by atoms with Gasteiger partial charge in [-0.15, -0.1) is 11.3 Å².